The number of hydrogen-bond acceptors (Lipinski definition) is 4. The van der Waals surface area contributed by atoms with Gasteiger partial charge in [0, 0.05) is 42.0 Å². The Labute approximate surface area is 165 Å². The van der Waals surface area contributed by atoms with E-state index in [1.165, 1.54) is 0 Å². The number of H-pyrrole nitrogens is 1. The number of pyridine rings is 1. The minimum atomic E-state index is -0.238. The fraction of sp³-hybridized carbons (Fsp3) is 0.348. The lowest BCUT2D eigenvalue weighted by Crippen LogP contribution is -2.38. The predicted octanol–water partition coefficient (Wildman–Crippen LogP) is 3.72. The van der Waals surface area contributed by atoms with Gasteiger partial charge in [0.05, 0.1) is 11.6 Å². The lowest BCUT2D eigenvalue weighted by atomic mass is 10.0. The average molecular weight is 377 g/mol. The number of anilines is 2. The van der Waals surface area contributed by atoms with Gasteiger partial charge in [-0.25, -0.2) is 0 Å². The number of aryl methyl sites for hydroxylation is 2. The van der Waals surface area contributed by atoms with Crippen LogP contribution in [0.4, 0.5) is 11.4 Å². The van der Waals surface area contributed by atoms with Gasteiger partial charge in [-0.1, -0.05) is 12.1 Å². The Balaban J connectivity index is 1.49. The third-order valence-electron chi connectivity index (χ3n) is 5.63. The van der Waals surface area contributed by atoms with Gasteiger partial charge in [0.2, 0.25) is 0 Å². The molecule has 5 nitrogen and oxygen atoms in total. The van der Waals surface area contributed by atoms with Crippen molar-refractivity contribution in [3.8, 4) is 0 Å². The maximum absolute atomic E-state index is 12.5. The highest BCUT2D eigenvalue weighted by Crippen LogP contribution is 2.23. The zero-order valence-electron chi connectivity index (χ0n) is 16.5. The van der Waals surface area contributed by atoms with E-state index in [9.17, 15) is 9.90 Å². The number of rotatable bonds is 4. The van der Waals surface area contributed by atoms with E-state index in [0.29, 0.717) is 13.1 Å². The first-order valence-electron chi connectivity index (χ1n) is 9.90. The van der Waals surface area contributed by atoms with Crippen molar-refractivity contribution < 1.29 is 5.11 Å². The fourth-order valence-corrected chi connectivity index (χ4v) is 3.93. The Bertz CT molecular complexity index is 1040. The monoisotopic (exact) mass is 377 g/mol. The summed E-state index contributed by atoms with van der Waals surface area (Å²) >= 11 is 0. The highest BCUT2D eigenvalue weighted by Gasteiger charge is 2.17. The molecule has 4 rings (SSSR count). The van der Waals surface area contributed by atoms with Crippen LogP contribution >= 0.6 is 0 Å². The molecule has 2 aromatic carbocycles. The molecule has 0 saturated carbocycles. The standard InChI is InChI=1S/C23H27N3O2/c1-15-5-6-16(2)22-21(15)12-17(23(28)25-22)13-24-18-7-9-19(10-8-18)26-11-3-4-20(27)14-26/h5-10,12,20,24,27H,3-4,11,13-14H2,1-2H3,(H,25,28). The molecule has 0 amide bonds. The molecule has 28 heavy (non-hydrogen) atoms. The van der Waals surface area contributed by atoms with Crippen LogP contribution in [0, 0.1) is 13.8 Å². The first kappa shape index (κ1) is 18.6. The van der Waals surface area contributed by atoms with E-state index in [2.05, 4.69) is 40.3 Å². The number of nitrogens with zero attached hydrogens (tertiary/aromatic N) is 1. The van der Waals surface area contributed by atoms with E-state index in [-0.39, 0.29) is 11.7 Å². The van der Waals surface area contributed by atoms with Crippen LogP contribution in [0.25, 0.3) is 10.9 Å². The Hall–Kier alpha value is -2.79. The molecule has 1 aliphatic heterocycles. The molecule has 0 bridgehead atoms. The summed E-state index contributed by atoms with van der Waals surface area (Å²) in [5.41, 5.74) is 5.93. The molecule has 5 heteroatoms. The summed E-state index contributed by atoms with van der Waals surface area (Å²) in [7, 11) is 0. The maximum Gasteiger partial charge on any atom is 0.253 e. The van der Waals surface area contributed by atoms with Crippen molar-refractivity contribution in [3.63, 3.8) is 0 Å². The van der Waals surface area contributed by atoms with Crippen LogP contribution in [-0.4, -0.2) is 29.3 Å². The van der Waals surface area contributed by atoms with Crippen molar-refractivity contribution >= 4 is 22.3 Å². The van der Waals surface area contributed by atoms with E-state index in [1.807, 2.05) is 31.2 Å². The molecule has 0 radical (unpaired) electrons. The van der Waals surface area contributed by atoms with Crippen LogP contribution in [0.5, 0.6) is 0 Å². The number of piperidine rings is 1. The molecule has 1 saturated heterocycles. The third kappa shape index (κ3) is 3.76. The summed E-state index contributed by atoms with van der Waals surface area (Å²) in [6.07, 6.45) is 1.67. The second-order valence-electron chi connectivity index (χ2n) is 7.75. The SMILES string of the molecule is Cc1ccc(C)c2[nH]c(=O)c(CNc3ccc(N4CCCC(O)C4)cc3)cc12. The lowest BCUT2D eigenvalue weighted by Gasteiger charge is -2.32. The average Bonchev–Trinajstić information content (AvgIpc) is 2.70. The Morgan fingerprint density at radius 3 is 2.64 bits per heavy atom. The van der Waals surface area contributed by atoms with E-state index in [1.54, 1.807) is 0 Å². The molecule has 1 fully saturated rings. The van der Waals surface area contributed by atoms with Crippen LogP contribution in [0.3, 0.4) is 0 Å². The van der Waals surface area contributed by atoms with Gasteiger partial charge in [0.1, 0.15) is 0 Å². The van der Waals surface area contributed by atoms with Crippen molar-refractivity contribution in [2.45, 2.75) is 39.3 Å². The van der Waals surface area contributed by atoms with Crippen LogP contribution in [0.15, 0.2) is 47.3 Å². The first-order valence-corrected chi connectivity index (χ1v) is 9.90. The highest BCUT2D eigenvalue weighted by atomic mass is 16.3. The van der Waals surface area contributed by atoms with Crippen LogP contribution < -0.4 is 15.8 Å². The van der Waals surface area contributed by atoms with Crippen LogP contribution in [-0.2, 0) is 6.54 Å². The minimum Gasteiger partial charge on any atom is -0.391 e. The first-order chi connectivity index (χ1) is 13.5. The molecule has 1 aliphatic rings. The zero-order chi connectivity index (χ0) is 19.7. The molecule has 1 aromatic heterocycles. The second-order valence-corrected chi connectivity index (χ2v) is 7.75. The number of aliphatic hydroxyl groups is 1. The molecule has 1 unspecified atom stereocenters. The summed E-state index contributed by atoms with van der Waals surface area (Å²) < 4.78 is 0. The maximum atomic E-state index is 12.5. The Kier molecular flexibility index (Phi) is 5.09. The van der Waals surface area contributed by atoms with Gasteiger partial charge in [-0.2, -0.15) is 0 Å². The molecule has 0 aliphatic carbocycles. The van der Waals surface area contributed by atoms with Crippen LogP contribution in [0.1, 0.15) is 29.5 Å². The van der Waals surface area contributed by atoms with E-state index in [4.69, 9.17) is 0 Å². The number of aromatic nitrogens is 1. The van der Waals surface area contributed by atoms with Crippen molar-refractivity contribution in [2.75, 3.05) is 23.3 Å². The fourth-order valence-electron chi connectivity index (χ4n) is 3.93. The molecule has 146 valence electrons. The van der Waals surface area contributed by atoms with Gasteiger partial charge in [-0.05, 0) is 68.1 Å². The van der Waals surface area contributed by atoms with Gasteiger partial charge >= 0.3 is 0 Å². The van der Waals surface area contributed by atoms with Gasteiger partial charge in [-0.3, -0.25) is 4.79 Å². The largest absolute Gasteiger partial charge is 0.391 e. The quantitative estimate of drug-likeness (QED) is 0.648. The predicted molar refractivity (Wildman–Crippen MR) is 115 cm³/mol. The molecule has 2 heterocycles. The number of hydrogen-bond donors (Lipinski definition) is 3. The summed E-state index contributed by atoms with van der Waals surface area (Å²) in [5.74, 6) is 0. The van der Waals surface area contributed by atoms with E-state index in [0.717, 1.165) is 58.4 Å². The topological polar surface area (TPSA) is 68.4 Å². The van der Waals surface area contributed by atoms with Crippen molar-refractivity contribution in [1.29, 1.82) is 0 Å². The number of aromatic amines is 1. The Morgan fingerprint density at radius 2 is 1.89 bits per heavy atom. The number of fused-ring (bicyclic) bond motifs is 1. The van der Waals surface area contributed by atoms with Gasteiger partial charge in [-0.15, -0.1) is 0 Å². The zero-order valence-corrected chi connectivity index (χ0v) is 16.5. The minimum absolute atomic E-state index is 0.0485. The number of nitrogens with one attached hydrogen (secondary N) is 2. The molecular weight excluding hydrogens is 350 g/mol. The second kappa shape index (κ2) is 7.68. The normalized spacial score (nSPS) is 17.1. The van der Waals surface area contributed by atoms with Gasteiger partial charge in [0.25, 0.3) is 5.56 Å². The lowest BCUT2D eigenvalue weighted by molar-refractivity contribution is 0.154. The van der Waals surface area contributed by atoms with E-state index >= 15 is 0 Å². The van der Waals surface area contributed by atoms with Crippen molar-refractivity contribution in [2.24, 2.45) is 0 Å². The molecule has 3 N–H and O–H groups in total. The van der Waals surface area contributed by atoms with Crippen LogP contribution in [0.2, 0.25) is 0 Å². The van der Waals surface area contributed by atoms with E-state index < -0.39 is 0 Å². The molecule has 1 atom stereocenters. The number of aliphatic hydroxyl groups excluding tert-OH is 1. The summed E-state index contributed by atoms with van der Waals surface area (Å²) in [4.78, 5) is 17.7. The van der Waals surface area contributed by atoms with Crippen molar-refractivity contribution in [3.05, 3.63) is 69.5 Å². The molecule has 0 spiro atoms. The number of β-amino-alcohol motifs (C(OH)–C–C–N with tert-alkyl or cyclic N) is 1. The highest BCUT2D eigenvalue weighted by molar-refractivity contribution is 5.85. The summed E-state index contributed by atoms with van der Waals surface area (Å²) in [6, 6.07) is 14.3. The number of benzene rings is 2. The third-order valence-corrected chi connectivity index (χ3v) is 5.63. The van der Waals surface area contributed by atoms with Gasteiger partial charge in [0.15, 0.2) is 0 Å². The van der Waals surface area contributed by atoms with Gasteiger partial charge < -0.3 is 20.3 Å². The Morgan fingerprint density at radius 1 is 1.14 bits per heavy atom. The van der Waals surface area contributed by atoms with Crippen molar-refractivity contribution in [1.82, 2.24) is 4.98 Å². The smallest absolute Gasteiger partial charge is 0.253 e. The molecule has 3 aromatic rings. The molecular formula is C23H27N3O2. The summed E-state index contributed by atoms with van der Waals surface area (Å²) in [5, 5.41) is 14.3. The summed E-state index contributed by atoms with van der Waals surface area (Å²) in [6.45, 7) is 6.22.